The van der Waals surface area contributed by atoms with Crippen LogP contribution in [0.1, 0.15) is 15.4 Å². The number of anilines is 1. The Balaban J connectivity index is 1.58. The summed E-state index contributed by atoms with van der Waals surface area (Å²) in [6.45, 7) is 0.168. The van der Waals surface area contributed by atoms with Crippen LogP contribution < -0.4 is 4.90 Å². The van der Waals surface area contributed by atoms with Crippen LogP contribution in [0.2, 0.25) is 5.02 Å². The topological polar surface area (TPSA) is 86.5 Å². The van der Waals surface area contributed by atoms with Gasteiger partial charge in [0.2, 0.25) is 0 Å². The van der Waals surface area contributed by atoms with Crippen LogP contribution >= 0.6 is 22.9 Å². The predicted molar refractivity (Wildman–Crippen MR) is 115 cm³/mol. The van der Waals surface area contributed by atoms with Crippen LogP contribution in [0.4, 0.5) is 5.69 Å². The first-order valence-corrected chi connectivity index (χ1v) is 9.92. The van der Waals surface area contributed by atoms with Crippen molar-refractivity contribution in [1.29, 1.82) is 5.41 Å². The van der Waals surface area contributed by atoms with Crippen molar-refractivity contribution < 1.29 is 14.6 Å². The number of esters is 1. The largest absolute Gasteiger partial charge is 0.510 e. The third kappa shape index (κ3) is 3.62. The van der Waals surface area contributed by atoms with E-state index in [1.165, 1.54) is 18.4 Å². The Labute approximate surface area is 176 Å². The lowest BCUT2D eigenvalue weighted by molar-refractivity contribution is 0.0600. The molecule has 0 spiro atoms. The number of aliphatic hydroxyl groups is 1. The average Bonchev–Trinajstić information content (AvgIpc) is 3.32. The van der Waals surface area contributed by atoms with Crippen molar-refractivity contribution in [1.82, 2.24) is 4.98 Å². The van der Waals surface area contributed by atoms with Gasteiger partial charge in [0, 0.05) is 21.7 Å². The molecule has 3 aromatic rings. The molecule has 0 amide bonds. The number of aliphatic hydroxyl groups excluding tert-OH is 1. The molecule has 29 heavy (non-hydrogen) atoms. The van der Waals surface area contributed by atoms with E-state index in [0.29, 0.717) is 26.9 Å². The van der Waals surface area contributed by atoms with E-state index >= 15 is 0 Å². The fraction of sp³-hybridized carbons (Fsp3) is 0.0952. The highest BCUT2D eigenvalue weighted by Crippen LogP contribution is 2.34. The number of rotatable bonds is 4. The van der Waals surface area contributed by atoms with Crippen molar-refractivity contribution in [2.75, 3.05) is 18.6 Å². The molecule has 0 radical (unpaired) electrons. The van der Waals surface area contributed by atoms with Gasteiger partial charge < -0.3 is 14.7 Å². The molecule has 0 saturated heterocycles. The molecule has 2 heterocycles. The normalized spacial score (nSPS) is 13.9. The minimum absolute atomic E-state index is 0.0871. The maximum Gasteiger partial charge on any atom is 0.337 e. The second kappa shape index (κ2) is 7.69. The summed E-state index contributed by atoms with van der Waals surface area (Å²) in [5.41, 5.74) is 3.20. The number of thiazole rings is 1. The van der Waals surface area contributed by atoms with Crippen LogP contribution in [-0.4, -0.2) is 35.5 Å². The molecular weight excluding hydrogens is 410 g/mol. The molecule has 0 fully saturated rings. The van der Waals surface area contributed by atoms with E-state index in [1.54, 1.807) is 41.3 Å². The average molecular weight is 426 g/mol. The quantitative estimate of drug-likeness (QED) is 0.573. The standard InChI is InChI=1S/C21H16ClN3O3S/c1-28-21(27)13-4-8-15(9-5-13)25-10-17(26)18(19(25)23)20-24-16(11-29-20)12-2-6-14(22)7-3-12/h2-9,11,23,26H,10H2,1H3. The van der Waals surface area contributed by atoms with Gasteiger partial charge in [-0.05, 0) is 36.4 Å². The first kappa shape index (κ1) is 19.2. The zero-order valence-electron chi connectivity index (χ0n) is 15.3. The summed E-state index contributed by atoms with van der Waals surface area (Å²) in [7, 11) is 1.33. The molecule has 0 unspecified atom stereocenters. The van der Waals surface area contributed by atoms with Gasteiger partial charge in [0.05, 0.1) is 30.5 Å². The van der Waals surface area contributed by atoms with E-state index in [4.69, 9.17) is 21.7 Å². The molecule has 2 N–H and O–H groups in total. The van der Waals surface area contributed by atoms with E-state index in [1.807, 2.05) is 17.5 Å². The minimum Gasteiger partial charge on any atom is -0.510 e. The van der Waals surface area contributed by atoms with Crippen molar-refractivity contribution in [3.63, 3.8) is 0 Å². The first-order valence-electron chi connectivity index (χ1n) is 8.66. The zero-order chi connectivity index (χ0) is 20.5. The van der Waals surface area contributed by atoms with E-state index in [-0.39, 0.29) is 18.1 Å². The molecule has 0 aliphatic carbocycles. The number of aromatic nitrogens is 1. The van der Waals surface area contributed by atoms with Crippen molar-refractivity contribution in [3.05, 3.63) is 75.3 Å². The van der Waals surface area contributed by atoms with Gasteiger partial charge in [0.25, 0.3) is 0 Å². The fourth-order valence-corrected chi connectivity index (χ4v) is 4.08. The SMILES string of the molecule is COC(=O)c1ccc(N2CC(O)=C(c3nc(-c4ccc(Cl)cc4)cs3)C2=N)cc1. The van der Waals surface area contributed by atoms with Crippen LogP contribution in [0, 0.1) is 5.41 Å². The number of nitrogens with one attached hydrogen (secondary N) is 1. The Hall–Kier alpha value is -3.16. The lowest BCUT2D eigenvalue weighted by Gasteiger charge is -2.18. The van der Waals surface area contributed by atoms with Crippen molar-refractivity contribution in [2.45, 2.75) is 0 Å². The molecule has 0 atom stereocenters. The Kier molecular flexibility index (Phi) is 5.08. The lowest BCUT2D eigenvalue weighted by atomic mass is 10.2. The number of hydrogen-bond donors (Lipinski definition) is 2. The van der Waals surface area contributed by atoms with Gasteiger partial charge in [0.1, 0.15) is 16.6 Å². The van der Waals surface area contributed by atoms with Crippen molar-refractivity contribution >= 4 is 46.0 Å². The van der Waals surface area contributed by atoms with Crippen LogP contribution in [0.15, 0.2) is 59.7 Å². The molecule has 1 aliphatic heterocycles. The predicted octanol–water partition coefficient (Wildman–Crippen LogP) is 5.02. The fourth-order valence-electron chi connectivity index (χ4n) is 3.06. The van der Waals surface area contributed by atoms with Gasteiger partial charge in [-0.25, -0.2) is 9.78 Å². The molecule has 2 aromatic carbocycles. The number of benzene rings is 2. The van der Waals surface area contributed by atoms with Gasteiger partial charge in [-0.15, -0.1) is 11.3 Å². The van der Waals surface area contributed by atoms with Crippen molar-refractivity contribution in [3.8, 4) is 11.3 Å². The summed E-state index contributed by atoms with van der Waals surface area (Å²) in [4.78, 5) is 17.9. The van der Waals surface area contributed by atoms with E-state index in [9.17, 15) is 9.90 Å². The number of halogens is 1. The zero-order valence-corrected chi connectivity index (χ0v) is 16.9. The third-order valence-corrected chi connectivity index (χ3v) is 5.67. The highest BCUT2D eigenvalue weighted by Gasteiger charge is 2.31. The van der Waals surface area contributed by atoms with Gasteiger partial charge in [-0.2, -0.15) is 0 Å². The summed E-state index contributed by atoms with van der Waals surface area (Å²) in [5, 5.41) is 22.2. The number of amidine groups is 1. The summed E-state index contributed by atoms with van der Waals surface area (Å²) in [6.07, 6.45) is 0. The molecule has 1 aliphatic rings. The number of nitrogens with zero attached hydrogens (tertiary/aromatic N) is 2. The van der Waals surface area contributed by atoms with Gasteiger partial charge in [-0.1, -0.05) is 23.7 Å². The maximum atomic E-state index is 11.6. The Bertz CT molecular complexity index is 1120. The first-order chi connectivity index (χ1) is 14.0. The Morgan fingerprint density at radius 3 is 2.55 bits per heavy atom. The van der Waals surface area contributed by atoms with Gasteiger partial charge >= 0.3 is 5.97 Å². The summed E-state index contributed by atoms with van der Waals surface area (Å²) in [5.74, 6) is -0.179. The van der Waals surface area contributed by atoms with Gasteiger partial charge in [-0.3, -0.25) is 5.41 Å². The summed E-state index contributed by atoms with van der Waals surface area (Å²) in [6, 6.07) is 14.1. The second-order valence-corrected chi connectivity index (χ2v) is 7.63. The Morgan fingerprint density at radius 2 is 1.90 bits per heavy atom. The molecule has 8 heteroatoms. The monoisotopic (exact) mass is 425 g/mol. The minimum atomic E-state index is -0.424. The summed E-state index contributed by atoms with van der Waals surface area (Å²) >= 11 is 7.31. The number of methoxy groups -OCH3 is 1. The number of hydrogen-bond acceptors (Lipinski definition) is 6. The van der Waals surface area contributed by atoms with Crippen molar-refractivity contribution in [2.24, 2.45) is 0 Å². The summed E-state index contributed by atoms with van der Waals surface area (Å²) < 4.78 is 4.70. The second-order valence-electron chi connectivity index (χ2n) is 6.34. The highest BCUT2D eigenvalue weighted by molar-refractivity contribution is 7.11. The van der Waals surface area contributed by atoms with E-state index in [0.717, 1.165) is 11.3 Å². The molecular formula is C21H16ClN3O3S. The van der Waals surface area contributed by atoms with Crippen LogP contribution in [0.5, 0.6) is 0 Å². The van der Waals surface area contributed by atoms with Gasteiger partial charge in [0.15, 0.2) is 0 Å². The molecule has 0 saturated carbocycles. The molecule has 4 rings (SSSR count). The number of carbonyl (C=O) groups is 1. The third-order valence-electron chi connectivity index (χ3n) is 4.56. The lowest BCUT2D eigenvalue weighted by Crippen LogP contribution is -2.26. The highest BCUT2D eigenvalue weighted by atomic mass is 35.5. The maximum absolute atomic E-state index is 11.6. The smallest absolute Gasteiger partial charge is 0.337 e. The number of ether oxygens (including phenoxy) is 1. The molecule has 6 nitrogen and oxygen atoms in total. The molecule has 0 bridgehead atoms. The van der Waals surface area contributed by atoms with Crippen LogP contribution in [-0.2, 0) is 4.74 Å². The number of carbonyl (C=O) groups excluding carboxylic acids is 1. The van der Waals surface area contributed by atoms with E-state index in [2.05, 4.69) is 4.98 Å². The van der Waals surface area contributed by atoms with E-state index < -0.39 is 5.97 Å². The molecule has 1 aromatic heterocycles. The van der Waals surface area contributed by atoms with Crippen LogP contribution in [0.25, 0.3) is 16.8 Å². The van der Waals surface area contributed by atoms with Crippen LogP contribution in [0.3, 0.4) is 0 Å². The Morgan fingerprint density at radius 1 is 1.21 bits per heavy atom. The molecule has 146 valence electrons.